The van der Waals surface area contributed by atoms with Crippen LogP contribution >= 0.6 is 0 Å². The number of amides is 2. The molecule has 1 aliphatic carbocycles. The van der Waals surface area contributed by atoms with E-state index in [1.54, 1.807) is 6.92 Å². The van der Waals surface area contributed by atoms with Crippen LogP contribution in [0.25, 0.3) is 0 Å². The summed E-state index contributed by atoms with van der Waals surface area (Å²) >= 11 is 0. The van der Waals surface area contributed by atoms with Crippen LogP contribution in [-0.2, 0) is 9.53 Å². The minimum absolute atomic E-state index is 0.0119. The zero-order valence-corrected chi connectivity index (χ0v) is 9.07. The highest BCUT2D eigenvalue weighted by Crippen LogP contribution is 2.34. The first kappa shape index (κ1) is 10.5. The van der Waals surface area contributed by atoms with E-state index in [0.29, 0.717) is 6.61 Å². The zero-order valence-electron chi connectivity index (χ0n) is 9.07. The maximum Gasteiger partial charge on any atom is 0.416 e. The average molecular weight is 211 g/mol. The van der Waals surface area contributed by atoms with E-state index in [2.05, 4.69) is 0 Å². The summed E-state index contributed by atoms with van der Waals surface area (Å²) in [5.41, 5.74) is 0. The van der Waals surface area contributed by atoms with Crippen LogP contribution in [0.1, 0.15) is 39.0 Å². The number of carbonyl (C=O) groups is 2. The van der Waals surface area contributed by atoms with Gasteiger partial charge in [-0.3, -0.25) is 4.79 Å². The van der Waals surface area contributed by atoms with E-state index in [1.807, 2.05) is 0 Å². The highest BCUT2D eigenvalue weighted by atomic mass is 16.6. The van der Waals surface area contributed by atoms with Crippen molar-refractivity contribution in [1.82, 2.24) is 4.90 Å². The minimum Gasteiger partial charge on any atom is -0.449 e. The fourth-order valence-corrected chi connectivity index (χ4v) is 2.60. The average Bonchev–Trinajstić information content (AvgIpc) is 2.51. The molecule has 3 fully saturated rings. The van der Waals surface area contributed by atoms with Crippen molar-refractivity contribution < 1.29 is 14.3 Å². The Kier molecular flexibility index (Phi) is 2.93. The predicted molar refractivity (Wildman–Crippen MR) is 54.2 cm³/mol. The fraction of sp³-hybridized carbons (Fsp3) is 0.818. The molecule has 0 aromatic rings. The second-order valence-electron chi connectivity index (χ2n) is 4.27. The van der Waals surface area contributed by atoms with Crippen molar-refractivity contribution in [3.63, 3.8) is 0 Å². The second kappa shape index (κ2) is 4.21. The molecule has 2 bridgehead atoms. The lowest BCUT2D eigenvalue weighted by Gasteiger charge is -2.33. The smallest absolute Gasteiger partial charge is 0.416 e. The van der Waals surface area contributed by atoms with Crippen LogP contribution in [0.5, 0.6) is 0 Å². The van der Waals surface area contributed by atoms with E-state index in [4.69, 9.17) is 4.74 Å². The summed E-state index contributed by atoms with van der Waals surface area (Å²) < 4.78 is 4.93. The quantitative estimate of drug-likeness (QED) is 0.665. The van der Waals surface area contributed by atoms with Gasteiger partial charge in [-0.25, -0.2) is 9.69 Å². The number of ether oxygens (including phenoxy) is 1. The van der Waals surface area contributed by atoms with E-state index in [1.165, 1.54) is 4.90 Å². The first-order chi connectivity index (χ1) is 7.24. The molecule has 84 valence electrons. The number of imide groups is 1. The molecule has 0 unspecified atom stereocenters. The van der Waals surface area contributed by atoms with E-state index in [-0.39, 0.29) is 17.9 Å². The summed E-state index contributed by atoms with van der Waals surface area (Å²) in [6, 6.07) is 0.0929. The van der Waals surface area contributed by atoms with Gasteiger partial charge in [0.2, 0.25) is 5.91 Å². The highest BCUT2D eigenvalue weighted by Gasteiger charge is 2.41. The first-order valence-electron chi connectivity index (χ1n) is 5.74. The molecule has 4 nitrogen and oxygen atoms in total. The summed E-state index contributed by atoms with van der Waals surface area (Å²) in [6.07, 6.45) is 4.39. The molecule has 4 heteroatoms. The number of hydrogen-bond acceptors (Lipinski definition) is 3. The van der Waals surface area contributed by atoms with Crippen molar-refractivity contribution in [2.75, 3.05) is 6.61 Å². The monoisotopic (exact) mass is 211 g/mol. The van der Waals surface area contributed by atoms with Crippen LogP contribution in [0.2, 0.25) is 0 Å². The molecule has 2 atom stereocenters. The third-order valence-electron chi connectivity index (χ3n) is 3.35. The molecular weight excluding hydrogens is 194 g/mol. The minimum atomic E-state index is -0.445. The maximum atomic E-state index is 11.9. The molecule has 0 spiro atoms. The molecule has 0 aromatic carbocycles. The Bertz CT molecular complexity index is 273. The molecule has 0 N–H and O–H groups in total. The van der Waals surface area contributed by atoms with Gasteiger partial charge in [-0.15, -0.1) is 0 Å². The Labute approximate surface area is 89.6 Å². The lowest BCUT2D eigenvalue weighted by molar-refractivity contribution is -0.138. The maximum absolute atomic E-state index is 11.9. The van der Waals surface area contributed by atoms with Crippen LogP contribution in [0.3, 0.4) is 0 Å². The third-order valence-corrected chi connectivity index (χ3v) is 3.35. The van der Waals surface area contributed by atoms with Crippen LogP contribution in [0.15, 0.2) is 0 Å². The normalized spacial score (nSPS) is 30.2. The first-order valence-corrected chi connectivity index (χ1v) is 5.74. The molecule has 1 saturated carbocycles. The van der Waals surface area contributed by atoms with E-state index < -0.39 is 6.09 Å². The van der Waals surface area contributed by atoms with Gasteiger partial charge in [0.25, 0.3) is 0 Å². The predicted octanol–water partition coefficient (Wildman–Crippen LogP) is 1.93. The van der Waals surface area contributed by atoms with Crippen molar-refractivity contribution in [2.45, 2.75) is 45.1 Å². The third kappa shape index (κ3) is 1.85. The standard InChI is InChI=1S/C11H17NO3/c1-2-15-11(14)12-9-5-3-4-8(6-7-9)10(12)13/h8-9H,2-7H2,1H3/t8-,9+/m1/s1. The number of nitrogens with zero attached hydrogens (tertiary/aromatic N) is 1. The molecule has 2 aliphatic heterocycles. The van der Waals surface area contributed by atoms with Gasteiger partial charge in [0.15, 0.2) is 0 Å². The lowest BCUT2D eigenvalue weighted by atomic mass is 9.94. The number of rotatable bonds is 1. The van der Waals surface area contributed by atoms with Gasteiger partial charge in [0, 0.05) is 12.0 Å². The Morgan fingerprint density at radius 2 is 2.20 bits per heavy atom. The largest absolute Gasteiger partial charge is 0.449 e. The van der Waals surface area contributed by atoms with Gasteiger partial charge in [0.05, 0.1) is 6.61 Å². The Hall–Kier alpha value is -1.06. The molecular formula is C11H17NO3. The van der Waals surface area contributed by atoms with Gasteiger partial charge >= 0.3 is 6.09 Å². The summed E-state index contributed by atoms with van der Waals surface area (Å²) in [7, 11) is 0. The molecule has 15 heavy (non-hydrogen) atoms. The zero-order chi connectivity index (χ0) is 10.8. The topological polar surface area (TPSA) is 46.6 Å². The van der Waals surface area contributed by atoms with E-state index >= 15 is 0 Å². The van der Waals surface area contributed by atoms with Gasteiger partial charge in [-0.2, -0.15) is 0 Å². The summed E-state index contributed by atoms with van der Waals surface area (Å²) in [6.45, 7) is 2.10. The molecule has 2 amide bonds. The van der Waals surface area contributed by atoms with Gasteiger partial charge in [-0.05, 0) is 32.6 Å². The van der Waals surface area contributed by atoms with Gasteiger partial charge < -0.3 is 4.74 Å². The molecule has 0 aromatic heterocycles. The van der Waals surface area contributed by atoms with Crippen LogP contribution < -0.4 is 0 Å². The summed E-state index contributed by atoms with van der Waals surface area (Å²) in [4.78, 5) is 24.9. The summed E-state index contributed by atoms with van der Waals surface area (Å²) in [5, 5.41) is 0. The van der Waals surface area contributed by atoms with E-state index in [9.17, 15) is 9.59 Å². The van der Waals surface area contributed by atoms with Gasteiger partial charge in [-0.1, -0.05) is 6.42 Å². The molecule has 2 heterocycles. The Balaban J connectivity index is 2.15. The van der Waals surface area contributed by atoms with E-state index in [0.717, 1.165) is 32.1 Å². The second-order valence-corrected chi connectivity index (χ2v) is 4.27. The van der Waals surface area contributed by atoms with Crippen molar-refractivity contribution >= 4 is 12.0 Å². The van der Waals surface area contributed by atoms with Crippen LogP contribution in [-0.4, -0.2) is 29.5 Å². The lowest BCUT2D eigenvalue weighted by Crippen LogP contribution is -2.49. The molecule has 3 aliphatic rings. The van der Waals surface area contributed by atoms with Crippen molar-refractivity contribution in [3.05, 3.63) is 0 Å². The number of piperidine rings is 1. The molecule has 2 saturated heterocycles. The number of carbonyl (C=O) groups excluding carboxylic acids is 2. The van der Waals surface area contributed by atoms with Crippen molar-refractivity contribution in [3.8, 4) is 0 Å². The Morgan fingerprint density at radius 3 is 2.93 bits per heavy atom. The van der Waals surface area contributed by atoms with Crippen molar-refractivity contribution in [2.24, 2.45) is 5.92 Å². The Morgan fingerprint density at radius 1 is 1.40 bits per heavy atom. The fourth-order valence-electron chi connectivity index (χ4n) is 2.60. The number of fused-ring (bicyclic) bond motifs is 4. The van der Waals surface area contributed by atoms with Crippen molar-refractivity contribution in [1.29, 1.82) is 0 Å². The van der Waals surface area contributed by atoms with Crippen LogP contribution in [0, 0.1) is 5.92 Å². The number of hydrogen-bond donors (Lipinski definition) is 0. The molecule has 0 radical (unpaired) electrons. The van der Waals surface area contributed by atoms with Crippen LogP contribution in [0.4, 0.5) is 4.79 Å². The highest BCUT2D eigenvalue weighted by molar-refractivity contribution is 5.94. The SMILES string of the molecule is CCOC(=O)N1C(=O)[C@@H]2CCC[C@H]1CC2. The molecule has 3 rings (SSSR count). The summed E-state index contributed by atoms with van der Waals surface area (Å²) in [5.74, 6) is 0.0513. The van der Waals surface area contributed by atoms with Gasteiger partial charge in [0.1, 0.15) is 0 Å².